The summed E-state index contributed by atoms with van der Waals surface area (Å²) in [7, 11) is -0.535. The lowest BCUT2D eigenvalue weighted by molar-refractivity contribution is 1.23. The summed E-state index contributed by atoms with van der Waals surface area (Å²) < 4.78 is 0. The molecule has 0 unspecified atom stereocenters. The lowest BCUT2D eigenvalue weighted by atomic mass is 10.2. The zero-order valence-electron chi connectivity index (χ0n) is 13.4. The van der Waals surface area contributed by atoms with Gasteiger partial charge in [-0.3, -0.25) is 0 Å². The predicted molar refractivity (Wildman–Crippen MR) is 104 cm³/mol. The van der Waals surface area contributed by atoms with E-state index in [1.165, 1.54) is 21.5 Å². The molecule has 0 amide bonds. The van der Waals surface area contributed by atoms with Gasteiger partial charge in [-0.2, -0.15) is 0 Å². The van der Waals surface area contributed by atoms with Crippen molar-refractivity contribution >= 4 is 23.8 Å². The predicted octanol–water partition coefficient (Wildman–Crippen LogP) is 5.57. The molecular weight excluding hydrogens is 295 g/mol. The highest BCUT2D eigenvalue weighted by atomic mass is 31.1. The fraction of sp³-hybridized carbons (Fsp3) is 0.0909. The summed E-state index contributed by atoms with van der Waals surface area (Å²) in [6.45, 7) is 2.21. The largest absolute Gasteiger partial charge is 0.0758 e. The molecule has 0 nitrogen and oxygen atoms in total. The Bertz CT molecular complexity index is 706. The summed E-state index contributed by atoms with van der Waals surface area (Å²) in [4.78, 5) is 0. The van der Waals surface area contributed by atoms with Gasteiger partial charge >= 0.3 is 0 Å². The van der Waals surface area contributed by atoms with Gasteiger partial charge in [0.2, 0.25) is 0 Å². The van der Waals surface area contributed by atoms with Crippen LogP contribution in [-0.4, -0.2) is 0 Å². The average molecular weight is 316 g/mol. The Kier molecular flexibility index (Phi) is 5.40. The summed E-state index contributed by atoms with van der Waals surface area (Å²) in [5, 5.41) is 4.25. The summed E-state index contributed by atoms with van der Waals surface area (Å²) in [5.74, 6) is 0. The molecule has 0 spiro atoms. The minimum Gasteiger partial charge on any atom is -0.0758 e. The van der Waals surface area contributed by atoms with E-state index >= 15 is 0 Å². The first kappa shape index (κ1) is 15.7. The van der Waals surface area contributed by atoms with Gasteiger partial charge in [0.25, 0.3) is 0 Å². The third-order valence-electron chi connectivity index (χ3n) is 3.74. The second-order valence-corrected chi connectivity index (χ2v) is 7.56. The van der Waals surface area contributed by atoms with E-state index in [-0.39, 0.29) is 0 Å². The smallest absolute Gasteiger partial charge is 0.0119 e. The zero-order valence-corrected chi connectivity index (χ0v) is 14.3. The number of allylic oxidation sites excluding steroid dienone is 1. The first-order valence-electron chi connectivity index (χ1n) is 8.06. The lowest BCUT2D eigenvalue weighted by Gasteiger charge is -2.23. The topological polar surface area (TPSA) is 0 Å². The fourth-order valence-electron chi connectivity index (χ4n) is 2.72. The molecular formula is C22H21P. The van der Waals surface area contributed by atoms with E-state index in [1.807, 2.05) is 0 Å². The van der Waals surface area contributed by atoms with Crippen LogP contribution < -0.4 is 10.6 Å². The van der Waals surface area contributed by atoms with Crippen LogP contribution in [0.4, 0.5) is 0 Å². The molecule has 0 radical (unpaired) electrons. The van der Waals surface area contributed by atoms with Gasteiger partial charge in [0.15, 0.2) is 0 Å². The van der Waals surface area contributed by atoms with Crippen molar-refractivity contribution in [1.29, 1.82) is 0 Å². The first-order chi connectivity index (χ1) is 11.4. The molecule has 0 fully saturated rings. The Morgan fingerprint density at radius 1 is 0.696 bits per heavy atom. The molecule has 114 valence electrons. The zero-order chi connectivity index (χ0) is 15.9. The molecule has 0 saturated carbocycles. The Balaban J connectivity index is 2.16. The molecule has 0 aliphatic rings. The van der Waals surface area contributed by atoms with Crippen molar-refractivity contribution in [2.45, 2.75) is 13.3 Å². The molecule has 0 aliphatic carbocycles. The van der Waals surface area contributed by atoms with E-state index in [0.29, 0.717) is 0 Å². The highest BCUT2D eigenvalue weighted by Crippen LogP contribution is 2.48. The molecule has 23 heavy (non-hydrogen) atoms. The number of hydrogen-bond acceptors (Lipinski definition) is 0. The summed E-state index contributed by atoms with van der Waals surface area (Å²) >= 11 is 0. The number of hydrogen-bond donors (Lipinski definition) is 0. The summed E-state index contributed by atoms with van der Waals surface area (Å²) in [6, 6.07) is 32.6. The van der Waals surface area contributed by atoms with E-state index in [4.69, 9.17) is 0 Å². The van der Waals surface area contributed by atoms with Crippen LogP contribution >= 0.6 is 7.92 Å². The van der Waals surface area contributed by atoms with Crippen LogP contribution in [0.15, 0.2) is 97.1 Å². The quantitative estimate of drug-likeness (QED) is 0.540. The second-order valence-electron chi connectivity index (χ2n) is 5.37. The maximum atomic E-state index is 2.39. The summed E-state index contributed by atoms with van der Waals surface area (Å²) in [5.41, 5.74) is 1.33. The molecule has 0 atom stereocenters. The normalized spacial score (nSPS) is 11.7. The highest BCUT2D eigenvalue weighted by Gasteiger charge is 2.19. The van der Waals surface area contributed by atoms with Gasteiger partial charge in [0, 0.05) is 0 Å². The monoisotopic (exact) mass is 316 g/mol. The van der Waals surface area contributed by atoms with Crippen molar-refractivity contribution in [2.75, 3.05) is 0 Å². The van der Waals surface area contributed by atoms with E-state index in [2.05, 4.69) is 104 Å². The van der Waals surface area contributed by atoms with Crippen LogP contribution in [0.3, 0.4) is 0 Å². The third kappa shape index (κ3) is 3.78. The van der Waals surface area contributed by atoms with E-state index < -0.39 is 7.92 Å². The molecule has 0 heterocycles. The van der Waals surface area contributed by atoms with Crippen LogP contribution in [0.25, 0.3) is 5.31 Å². The third-order valence-corrected chi connectivity index (χ3v) is 6.29. The molecule has 3 aromatic carbocycles. The van der Waals surface area contributed by atoms with Crippen LogP contribution in [0.1, 0.15) is 18.9 Å². The van der Waals surface area contributed by atoms with E-state index in [1.54, 1.807) is 0 Å². The Morgan fingerprint density at radius 3 is 1.57 bits per heavy atom. The van der Waals surface area contributed by atoms with Gasteiger partial charge in [-0.05, 0) is 35.8 Å². The van der Waals surface area contributed by atoms with Gasteiger partial charge < -0.3 is 0 Å². The molecule has 3 rings (SSSR count). The SMILES string of the molecule is CC/C=C(\c1ccccc1)P(c1ccccc1)c1ccccc1. The van der Waals surface area contributed by atoms with Gasteiger partial charge in [-0.1, -0.05) is 104 Å². The van der Waals surface area contributed by atoms with Gasteiger partial charge in [-0.25, -0.2) is 0 Å². The van der Waals surface area contributed by atoms with Crippen molar-refractivity contribution in [3.05, 3.63) is 103 Å². The highest BCUT2D eigenvalue weighted by molar-refractivity contribution is 7.82. The Labute approximate surface area is 140 Å². The maximum absolute atomic E-state index is 2.39. The average Bonchev–Trinajstić information content (AvgIpc) is 2.64. The van der Waals surface area contributed by atoms with Crippen LogP contribution in [0, 0.1) is 0 Å². The standard InChI is InChI=1S/C22H21P/c1-2-12-22(19-13-6-3-7-14-19)23(20-15-8-4-9-16-20)21-17-10-5-11-18-21/h3-18H,2H2,1H3/b22-12+. The Hall–Kier alpha value is -2.17. The first-order valence-corrected chi connectivity index (χ1v) is 9.40. The van der Waals surface area contributed by atoms with Crippen LogP contribution in [-0.2, 0) is 0 Å². The number of rotatable bonds is 5. The Morgan fingerprint density at radius 2 is 1.13 bits per heavy atom. The fourth-order valence-corrected chi connectivity index (χ4v) is 5.29. The minimum absolute atomic E-state index is 0.535. The van der Waals surface area contributed by atoms with E-state index in [9.17, 15) is 0 Å². The van der Waals surface area contributed by atoms with Gasteiger partial charge in [0.05, 0.1) is 0 Å². The van der Waals surface area contributed by atoms with Crippen molar-refractivity contribution < 1.29 is 0 Å². The summed E-state index contributed by atoms with van der Waals surface area (Å²) in [6.07, 6.45) is 3.43. The van der Waals surface area contributed by atoms with Gasteiger partial charge in [0.1, 0.15) is 0 Å². The maximum Gasteiger partial charge on any atom is -0.0119 e. The van der Waals surface area contributed by atoms with Crippen molar-refractivity contribution in [2.24, 2.45) is 0 Å². The van der Waals surface area contributed by atoms with Crippen molar-refractivity contribution in [3.8, 4) is 0 Å². The molecule has 0 N–H and O–H groups in total. The number of benzene rings is 3. The molecule has 3 aromatic rings. The van der Waals surface area contributed by atoms with Gasteiger partial charge in [-0.15, -0.1) is 0 Å². The second kappa shape index (κ2) is 7.90. The molecule has 0 aliphatic heterocycles. The minimum atomic E-state index is -0.535. The lowest BCUT2D eigenvalue weighted by Crippen LogP contribution is -2.12. The van der Waals surface area contributed by atoms with Crippen molar-refractivity contribution in [1.82, 2.24) is 0 Å². The molecule has 0 saturated heterocycles. The van der Waals surface area contributed by atoms with E-state index in [0.717, 1.165) is 6.42 Å². The van der Waals surface area contributed by atoms with Crippen LogP contribution in [0.2, 0.25) is 0 Å². The van der Waals surface area contributed by atoms with Crippen molar-refractivity contribution in [3.63, 3.8) is 0 Å². The molecule has 0 aromatic heterocycles. The van der Waals surface area contributed by atoms with Crippen LogP contribution in [0.5, 0.6) is 0 Å². The molecule has 1 heteroatoms. The molecule has 0 bridgehead atoms.